The molecule has 0 radical (unpaired) electrons. The molecule has 3 heterocycles. The van der Waals surface area contributed by atoms with E-state index in [0.717, 1.165) is 49.2 Å². The molecule has 130 valence electrons. The molecule has 1 atom stereocenters. The van der Waals surface area contributed by atoms with E-state index in [0.29, 0.717) is 12.5 Å². The average Bonchev–Trinajstić information content (AvgIpc) is 3.21. The Morgan fingerprint density at radius 1 is 1.50 bits per heavy atom. The van der Waals surface area contributed by atoms with Crippen molar-refractivity contribution in [1.29, 1.82) is 0 Å². The maximum Gasteiger partial charge on any atom is 0.191 e. The van der Waals surface area contributed by atoms with Gasteiger partial charge in [0.15, 0.2) is 11.7 Å². The highest BCUT2D eigenvalue weighted by Crippen LogP contribution is 2.15. The highest BCUT2D eigenvalue weighted by atomic mass is 16.5. The predicted octanol–water partition coefficient (Wildman–Crippen LogP) is 1.46. The van der Waals surface area contributed by atoms with Crippen LogP contribution in [0.3, 0.4) is 0 Å². The second-order valence-corrected chi connectivity index (χ2v) is 6.31. The van der Waals surface area contributed by atoms with Crippen molar-refractivity contribution in [3.63, 3.8) is 0 Å². The van der Waals surface area contributed by atoms with E-state index in [1.54, 1.807) is 6.33 Å². The number of aliphatic imine (C=N–C) groups is 1. The quantitative estimate of drug-likeness (QED) is 0.636. The van der Waals surface area contributed by atoms with Crippen LogP contribution in [0.2, 0.25) is 0 Å². The lowest BCUT2D eigenvalue weighted by Crippen LogP contribution is -2.47. The molecule has 8 heteroatoms. The number of nitrogens with one attached hydrogen (secondary N) is 2. The molecule has 0 aliphatic carbocycles. The molecular weight excluding hydrogens is 306 g/mol. The van der Waals surface area contributed by atoms with Crippen LogP contribution in [-0.2, 0) is 19.5 Å². The Kier molecular flexibility index (Phi) is 5.12. The summed E-state index contributed by atoms with van der Waals surface area (Å²) >= 11 is 0. The zero-order valence-electron chi connectivity index (χ0n) is 14.5. The first kappa shape index (κ1) is 16.5. The van der Waals surface area contributed by atoms with Gasteiger partial charge in [0.1, 0.15) is 18.7 Å². The van der Waals surface area contributed by atoms with Crippen molar-refractivity contribution in [2.45, 2.75) is 58.7 Å². The highest BCUT2D eigenvalue weighted by molar-refractivity contribution is 5.80. The van der Waals surface area contributed by atoms with Gasteiger partial charge >= 0.3 is 0 Å². The number of rotatable bonds is 5. The fourth-order valence-corrected chi connectivity index (χ4v) is 2.70. The molecule has 3 rings (SSSR count). The molecule has 1 unspecified atom stereocenters. The summed E-state index contributed by atoms with van der Waals surface area (Å²) < 4.78 is 7.30. The molecule has 2 aromatic rings. The van der Waals surface area contributed by atoms with Gasteiger partial charge in [0.2, 0.25) is 0 Å². The molecular formula is C16H25N7O. The van der Waals surface area contributed by atoms with Crippen molar-refractivity contribution in [3.05, 3.63) is 29.7 Å². The summed E-state index contributed by atoms with van der Waals surface area (Å²) in [5.74, 6) is 2.97. The van der Waals surface area contributed by atoms with E-state index in [1.165, 1.54) is 0 Å². The van der Waals surface area contributed by atoms with Gasteiger partial charge in [0, 0.05) is 25.1 Å². The van der Waals surface area contributed by atoms with Crippen molar-refractivity contribution >= 4 is 5.96 Å². The minimum absolute atomic E-state index is 0.290. The van der Waals surface area contributed by atoms with Crippen molar-refractivity contribution in [2.75, 3.05) is 6.54 Å². The molecule has 0 fully saturated rings. The number of fused-ring (bicyclic) bond motifs is 1. The first-order valence-corrected chi connectivity index (χ1v) is 8.52. The molecule has 0 amide bonds. The summed E-state index contributed by atoms with van der Waals surface area (Å²) in [7, 11) is 0. The number of aromatic nitrogens is 4. The largest absolute Gasteiger partial charge is 0.359 e. The summed E-state index contributed by atoms with van der Waals surface area (Å²) in [4.78, 5) is 8.87. The number of aryl methyl sites for hydroxylation is 1. The second-order valence-electron chi connectivity index (χ2n) is 6.31. The molecule has 0 aromatic carbocycles. The zero-order valence-corrected chi connectivity index (χ0v) is 14.5. The Morgan fingerprint density at radius 2 is 2.38 bits per heavy atom. The summed E-state index contributed by atoms with van der Waals surface area (Å²) in [6.45, 7) is 8.32. The van der Waals surface area contributed by atoms with Crippen molar-refractivity contribution in [1.82, 2.24) is 30.6 Å². The minimum Gasteiger partial charge on any atom is -0.359 e. The molecule has 8 nitrogen and oxygen atoms in total. The van der Waals surface area contributed by atoms with Gasteiger partial charge in [-0.2, -0.15) is 5.10 Å². The smallest absolute Gasteiger partial charge is 0.191 e. The maximum absolute atomic E-state index is 5.35. The molecule has 0 bridgehead atoms. The highest BCUT2D eigenvalue weighted by Gasteiger charge is 2.20. The third-order valence-electron chi connectivity index (χ3n) is 4.05. The summed E-state index contributed by atoms with van der Waals surface area (Å²) in [5.41, 5.74) is 0.962. The predicted molar refractivity (Wildman–Crippen MR) is 90.7 cm³/mol. The lowest BCUT2D eigenvalue weighted by molar-refractivity contribution is 0.375. The third kappa shape index (κ3) is 3.93. The van der Waals surface area contributed by atoms with E-state index in [9.17, 15) is 0 Å². The van der Waals surface area contributed by atoms with Crippen LogP contribution in [0, 0.1) is 0 Å². The van der Waals surface area contributed by atoms with Gasteiger partial charge in [0.25, 0.3) is 0 Å². The number of nitrogens with zero attached hydrogens (tertiary/aromatic N) is 5. The van der Waals surface area contributed by atoms with Crippen LogP contribution in [0.5, 0.6) is 0 Å². The van der Waals surface area contributed by atoms with Crippen LogP contribution in [0.15, 0.2) is 21.9 Å². The van der Waals surface area contributed by atoms with Gasteiger partial charge in [0.05, 0.1) is 12.2 Å². The fourth-order valence-electron chi connectivity index (χ4n) is 2.70. The molecule has 0 spiro atoms. The van der Waals surface area contributed by atoms with Gasteiger partial charge in [-0.15, -0.1) is 0 Å². The number of guanidine groups is 1. The van der Waals surface area contributed by atoms with Gasteiger partial charge in [-0.3, -0.25) is 0 Å². The fraction of sp³-hybridized carbons (Fsp3) is 0.625. The first-order chi connectivity index (χ1) is 11.7. The average molecular weight is 331 g/mol. The lowest BCUT2D eigenvalue weighted by Gasteiger charge is -2.25. The van der Waals surface area contributed by atoms with E-state index < -0.39 is 0 Å². The van der Waals surface area contributed by atoms with Crippen LogP contribution in [-0.4, -0.2) is 38.5 Å². The molecule has 0 saturated heterocycles. The summed E-state index contributed by atoms with van der Waals surface area (Å²) in [5, 5.41) is 15.1. The topological polar surface area (TPSA) is 93.2 Å². The van der Waals surface area contributed by atoms with Crippen LogP contribution >= 0.6 is 0 Å². The third-order valence-corrected chi connectivity index (χ3v) is 4.05. The van der Waals surface area contributed by atoms with Gasteiger partial charge in [-0.05, 0) is 19.3 Å². The van der Waals surface area contributed by atoms with E-state index in [-0.39, 0.29) is 6.04 Å². The van der Waals surface area contributed by atoms with E-state index in [1.807, 2.05) is 10.7 Å². The first-order valence-electron chi connectivity index (χ1n) is 8.52. The Hall–Kier alpha value is -2.38. The minimum atomic E-state index is 0.290. The van der Waals surface area contributed by atoms with Crippen molar-refractivity contribution in [3.8, 4) is 0 Å². The van der Waals surface area contributed by atoms with E-state index >= 15 is 0 Å². The Bertz CT molecular complexity index is 688. The molecule has 1 aliphatic heterocycles. The summed E-state index contributed by atoms with van der Waals surface area (Å²) in [6.07, 6.45) is 3.56. The monoisotopic (exact) mass is 331 g/mol. The van der Waals surface area contributed by atoms with Crippen LogP contribution in [0.25, 0.3) is 0 Å². The Morgan fingerprint density at radius 3 is 3.12 bits per heavy atom. The van der Waals surface area contributed by atoms with Crippen LogP contribution in [0.4, 0.5) is 0 Å². The standard InChI is InChI=1S/C16H25N7O/c1-4-17-16(18-8-13-7-14(11(2)3)22-24-13)21-12-5-6-15-19-10-20-23(15)9-12/h7,10-12H,4-6,8-9H2,1-3H3,(H2,17,18,21). The van der Waals surface area contributed by atoms with Crippen LogP contribution < -0.4 is 10.6 Å². The lowest BCUT2D eigenvalue weighted by atomic mass is 10.1. The number of hydrogen-bond acceptors (Lipinski definition) is 5. The van der Waals surface area contributed by atoms with Gasteiger partial charge < -0.3 is 15.2 Å². The van der Waals surface area contributed by atoms with Gasteiger partial charge in [-0.25, -0.2) is 14.7 Å². The zero-order chi connectivity index (χ0) is 16.9. The van der Waals surface area contributed by atoms with Crippen molar-refractivity contribution in [2.24, 2.45) is 4.99 Å². The normalized spacial score (nSPS) is 17.8. The molecule has 2 aromatic heterocycles. The van der Waals surface area contributed by atoms with Crippen LogP contribution in [0.1, 0.15) is 50.4 Å². The molecule has 2 N–H and O–H groups in total. The maximum atomic E-state index is 5.35. The molecule has 1 aliphatic rings. The Labute approximate surface area is 141 Å². The summed E-state index contributed by atoms with van der Waals surface area (Å²) in [6, 6.07) is 2.26. The SMILES string of the molecule is CCNC(=NCc1cc(C(C)C)no1)NC1CCc2ncnn2C1. The molecule has 24 heavy (non-hydrogen) atoms. The molecule has 0 saturated carbocycles. The van der Waals surface area contributed by atoms with E-state index in [4.69, 9.17) is 4.52 Å². The number of hydrogen-bond donors (Lipinski definition) is 2. The van der Waals surface area contributed by atoms with Gasteiger partial charge in [-0.1, -0.05) is 19.0 Å². The van der Waals surface area contributed by atoms with Crippen molar-refractivity contribution < 1.29 is 4.52 Å². The Balaban J connectivity index is 1.61. The van der Waals surface area contributed by atoms with E-state index in [2.05, 4.69) is 51.6 Å². The second kappa shape index (κ2) is 7.46.